The number of nitrogens with zero attached hydrogens (tertiary/aromatic N) is 1. The Bertz CT molecular complexity index is 948. The number of carbonyl (C=O) groups excluding carboxylic acids is 3. The number of para-hydroxylation sites is 1. The summed E-state index contributed by atoms with van der Waals surface area (Å²) in [7, 11) is 0. The van der Waals surface area contributed by atoms with Crippen LogP contribution in [0.2, 0.25) is 0 Å². The van der Waals surface area contributed by atoms with E-state index >= 15 is 0 Å². The molecule has 5 nitrogen and oxygen atoms in total. The summed E-state index contributed by atoms with van der Waals surface area (Å²) in [6.45, 7) is 0. The Hall–Kier alpha value is -2.46. The minimum absolute atomic E-state index is 0.126. The normalized spacial score (nSPS) is 17.2. The molecule has 0 spiro atoms. The van der Waals surface area contributed by atoms with Gasteiger partial charge >= 0.3 is 5.51 Å². The fraction of sp³-hybridized carbons (Fsp3) is 0.167. The molecule has 1 saturated heterocycles. The highest BCUT2D eigenvalue weighted by molar-refractivity contribution is 8.01. The molecule has 146 valence electrons. The van der Waals surface area contributed by atoms with Crippen molar-refractivity contribution >= 4 is 47.0 Å². The summed E-state index contributed by atoms with van der Waals surface area (Å²) in [5.74, 6) is -2.77. The molecule has 1 aliphatic rings. The van der Waals surface area contributed by atoms with Gasteiger partial charge in [-0.25, -0.2) is 4.90 Å². The van der Waals surface area contributed by atoms with Gasteiger partial charge in [0.05, 0.1) is 16.9 Å². The molecule has 0 bridgehead atoms. The van der Waals surface area contributed by atoms with Crippen molar-refractivity contribution in [2.75, 3.05) is 4.90 Å². The first-order chi connectivity index (χ1) is 13.2. The second-order valence-corrected chi connectivity index (χ2v) is 8.03. The zero-order chi connectivity index (χ0) is 20.5. The number of hydrogen-bond acceptors (Lipinski definition) is 6. The molecule has 0 saturated carbocycles. The van der Waals surface area contributed by atoms with Crippen LogP contribution in [0.3, 0.4) is 0 Å². The summed E-state index contributed by atoms with van der Waals surface area (Å²) in [6.07, 6.45) is -0.254. The van der Waals surface area contributed by atoms with Crippen molar-refractivity contribution in [3.63, 3.8) is 0 Å². The maximum atomic E-state index is 12.8. The van der Waals surface area contributed by atoms with Crippen molar-refractivity contribution in [3.8, 4) is 0 Å². The number of anilines is 1. The highest BCUT2D eigenvalue weighted by atomic mass is 32.2. The van der Waals surface area contributed by atoms with Crippen LogP contribution in [0.15, 0.2) is 58.3 Å². The Morgan fingerprint density at radius 3 is 2.29 bits per heavy atom. The van der Waals surface area contributed by atoms with Gasteiger partial charge in [-0.05, 0) is 30.0 Å². The first kappa shape index (κ1) is 20.3. The maximum Gasteiger partial charge on any atom is 0.446 e. The van der Waals surface area contributed by atoms with Gasteiger partial charge in [0.1, 0.15) is 0 Å². The van der Waals surface area contributed by atoms with E-state index in [1.807, 2.05) is 0 Å². The molecule has 28 heavy (non-hydrogen) atoms. The zero-order valence-electron chi connectivity index (χ0n) is 13.9. The minimum Gasteiger partial charge on any atom is -0.545 e. The fourth-order valence-electron chi connectivity index (χ4n) is 2.69. The third-order valence-electron chi connectivity index (χ3n) is 3.81. The van der Waals surface area contributed by atoms with Crippen LogP contribution in [0.25, 0.3) is 0 Å². The van der Waals surface area contributed by atoms with Crippen LogP contribution < -0.4 is 10.0 Å². The standard InChI is InChI=1S/C18H12F3NO4S2/c19-18(20,21)28-13-8-4-2-6-11(13)22-15(23)9-14(16(22)24)27-12-7-3-1-5-10(12)17(25)26/h1-8,14H,9H2,(H,25,26)/p-1. The number of carbonyl (C=O) groups is 3. The molecule has 1 aliphatic heterocycles. The van der Waals surface area contributed by atoms with E-state index in [1.54, 1.807) is 6.07 Å². The number of carboxylic acids is 1. The number of alkyl halides is 3. The molecule has 1 unspecified atom stereocenters. The Morgan fingerprint density at radius 1 is 1.04 bits per heavy atom. The first-order valence-corrected chi connectivity index (χ1v) is 9.55. The van der Waals surface area contributed by atoms with Gasteiger partial charge in [0.15, 0.2) is 0 Å². The largest absolute Gasteiger partial charge is 0.545 e. The molecule has 3 rings (SSSR count). The van der Waals surface area contributed by atoms with E-state index < -0.39 is 40.3 Å². The number of halogens is 3. The van der Waals surface area contributed by atoms with E-state index in [0.717, 1.165) is 16.7 Å². The van der Waals surface area contributed by atoms with Crippen molar-refractivity contribution in [3.05, 3.63) is 54.1 Å². The molecule has 1 heterocycles. The summed E-state index contributed by atoms with van der Waals surface area (Å²) >= 11 is 0.465. The fourth-order valence-corrected chi connectivity index (χ4v) is 4.53. The molecule has 2 amide bonds. The lowest BCUT2D eigenvalue weighted by Crippen LogP contribution is -2.31. The van der Waals surface area contributed by atoms with Crippen molar-refractivity contribution in [1.82, 2.24) is 0 Å². The zero-order valence-corrected chi connectivity index (χ0v) is 15.6. The van der Waals surface area contributed by atoms with Crippen LogP contribution in [-0.4, -0.2) is 28.5 Å². The number of imide groups is 1. The SMILES string of the molecule is O=C([O-])c1ccccc1SC1CC(=O)N(c2ccccc2SC(F)(F)F)C1=O. The van der Waals surface area contributed by atoms with E-state index in [4.69, 9.17) is 0 Å². The van der Waals surface area contributed by atoms with E-state index in [0.29, 0.717) is 0 Å². The number of hydrogen-bond donors (Lipinski definition) is 0. The van der Waals surface area contributed by atoms with Gasteiger partial charge in [-0.15, -0.1) is 11.8 Å². The van der Waals surface area contributed by atoms with Gasteiger partial charge in [-0.2, -0.15) is 13.2 Å². The first-order valence-electron chi connectivity index (χ1n) is 7.86. The summed E-state index contributed by atoms with van der Waals surface area (Å²) < 4.78 is 38.4. The van der Waals surface area contributed by atoms with Gasteiger partial charge in [0, 0.05) is 21.8 Å². The predicted molar refractivity (Wildman–Crippen MR) is 95.9 cm³/mol. The van der Waals surface area contributed by atoms with E-state index in [-0.39, 0.29) is 27.5 Å². The van der Waals surface area contributed by atoms with Crippen LogP contribution in [-0.2, 0) is 9.59 Å². The maximum absolute atomic E-state index is 12.8. The van der Waals surface area contributed by atoms with Crippen LogP contribution in [0.4, 0.5) is 18.9 Å². The molecule has 0 aliphatic carbocycles. The van der Waals surface area contributed by atoms with E-state index in [2.05, 4.69) is 0 Å². The summed E-state index contributed by atoms with van der Waals surface area (Å²) in [5, 5.41) is 10.3. The molecule has 1 atom stereocenters. The average Bonchev–Trinajstić information content (AvgIpc) is 2.88. The van der Waals surface area contributed by atoms with Gasteiger partial charge in [-0.3, -0.25) is 9.59 Å². The molecule has 2 aromatic rings. The van der Waals surface area contributed by atoms with E-state index in [1.165, 1.54) is 42.5 Å². The average molecular weight is 426 g/mol. The summed E-state index contributed by atoms with van der Waals surface area (Å²) in [5.41, 5.74) is -4.85. The highest BCUT2D eigenvalue weighted by Crippen LogP contribution is 2.43. The van der Waals surface area contributed by atoms with Crippen molar-refractivity contribution in [2.45, 2.75) is 27.0 Å². The summed E-state index contributed by atoms with van der Waals surface area (Å²) in [6, 6.07) is 11.1. The third kappa shape index (κ3) is 4.33. The lowest BCUT2D eigenvalue weighted by Gasteiger charge is -2.19. The predicted octanol–water partition coefficient (Wildman–Crippen LogP) is 3.09. The topological polar surface area (TPSA) is 77.5 Å². The number of benzene rings is 2. The Labute approximate surface area is 165 Å². The van der Waals surface area contributed by atoms with Gasteiger partial charge in [-0.1, -0.05) is 30.3 Å². The molecular formula is C18H11F3NO4S2-. The number of amides is 2. The van der Waals surface area contributed by atoms with E-state index in [9.17, 15) is 32.7 Å². The van der Waals surface area contributed by atoms with Crippen LogP contribution >= 0.6 is 23.5 Å². The Balaban J connectivity index is 1.89. The molecule has 0 N–H and O–H groups in total. The van der Waals surface area contributed by atoms with Crippen molar-refractivity contribution in [2.24, 2.45) is 0 Å². The van der Waals surface area contributed by atoms with Gasteiger partial charge in [0.2, 0.25) is 11.8 Å². The highest BCUT2D eigenvalue weighted by Gasteiger charge is 2.42. The lowest BCUT2D eigenvalue weighted by molar-refractivity contribution is -0.255. The van der Waals surface area contributed by atoms with Crippen LogP contribution in [0.5, 0.6) is 0 Å². The number of aromatic carboxylic acids is 1. The second kappa shape index (κ2) is 7.88. The Morgan fingerprint density at radius 2 is 1.64 bits per heavy atom. The van der Waals surface area contributed by atoms with Crippen LogP contribution in [0, 0.1) is 0 Å². The number of carboxylic acid groups (broad SMARTS) is 1. The van der Waals surface area contributed by atoms with Gasteiger partial charge < -0.3 is 9.90 Å². The number of rotatable bonds is 5. The number of thioether (sulfide) groups is 2. The minimum atomic E-state index is -4.58. The lowest BCUT2D eigenvalue weighted by atomic mass is 10.2. The molecule has 10 heteroatoms. The Kier molecular flexibility index (Phi) is 5.71. The summed E-state index contributed by atoms with van der Waals surface area (Å²) in [4.78, 5) is 37.1. The smallest absolute Gasteiger partial charge is 0.446 e. The molecule has 0 aromatic heterocycles. The molecule has 0 radical (unpaired) electrons. The quantitative estimate of drug-likeness (QED) is 0.540. The van der Waals surface area contributed by atoms with Gasteiger partial charge in [0.25, 0.3) is 0 Å². The third-order valence-corrected chi connectivity index (χ3v) is 5.87. The molecule has 2 aromatic carbocycles. The van der Waals surface area contributed by atoms with Crippen LogP contribution in [0.1, 0.15) is 16.8 Å². The molecular weight excluding hydrogens is 415 g/mol. The molecule has 1 fully saturated rings. The monoisotopic (exact) mass is 426 g/mol. The van der Waals surface area contributed by atoms with Crippen molar-refractivity contribution < 1.29 is 32.7 Å². The second-order valence-electron chi connectivity index (χ2n) is 5.68. The van der Waals surface area contributed by atoms with Crippen molar-refractivity contribution in [1.29, 1.82) is 0 Å².